The molecule has 2 saturated heterocycles. The zero-order chi connectivity index (χ0) is 17.7. The first kappa shape index (κ1) is 20.5. The molecule has 0 aromatic heterocycles. The molecule has 2 rings (SSSR count). The molecule has 0 radical (unpaired) electrons. The van der Waals surface area contributed by atoms with E-state index in [0.29, 0.717) is 0 Å². The first-order valence-electron chi connectivity index (χ1n) is 10.7. The van der Waals surface area contributed by atoms with Crippen LogP contribution in [0.25, 0.3) is 0 Å². The van der Waals surface area contributed by atoms with E-state index < -0.39 is 0 Å². The molecule has 0 atom stereocenters. The Morgan fingerprint density at radius 3 is 2.32 bits per heavy atom. The minimum Gasteiger partial charge on any atom is -0.357 e. The van der Waals surface area contributed by atoms with Crippen LogP contribution in [0.4, 0.5) is 0 Å². The van der Waals surface area contributed by atoms with Crippen molar-refractivity contribution in [3.8, 4) is 0 Å². The fourth-order valence-electron chi connectivity index (χ4n) is 3.79. The Kier molecular flexibility index (Phi) is 10.3. The third-order valence-electron chi connectivity index (χ3n) is 5.52. The van der Waals surface area contributed by atoms with Gasteiger partial charge in [-0.3, -0.25) is 4.99 Å². The molecule has 2 N–H and O–H groups in total. The zero-order valence-corrected chi connectivity index (χ0v) is 16.7. The Labute approximate surface area is 155 Å². The van der Waals surface area contributed by atoms with Crippen LogP contribution >= 0.6 is 0 Å². The minimum absolute atomic E-state index is 0.921. The lowest BCUT2D eigenvalue weighted by Gasteiger charge is -2.29. The highest BCUT2D eigenvalue weighted by Crippen LogP contribution is 2.15. The summed E-state index contributed by atoms with van der Waals surface area (Å²) in [5, 5.41) is 6.87. The van der Waals surface area contributed by atoms with E-state index in [1.54, 1.807) is 0 Å². The molecule has 0 unspecified atom stereocenters. The molecular weight excluding hydrogens is 310 g/mol. The molecule has 2 fully saturated rings. The van der Waals surface area contributed by atoms with Gasteiger partial charge in [-0.1, -0.05) is 6.92 Å². The van der Waals surface area contributed by atoms with Crippen LogP contribution in [0.5, 0.6) is 0 Å². The van der Waals surface area contributed by atoms with E-state index in [0.717, 1.165) is 31.5 Å². The summed E-state index contributed by atoms with van der Waals surface area (Å²) in [5.74, 6) is 1.92. The molecule has 0 bridgehead atoms. The molecule has 0 aliphatic carbocycles. The van der Waals surface area contributed by atoms with Crippen molar-refractivity contribution in [3.63, 3.8) is 0 Å². The zero-order valence-electron chi connectivity index (χ0n) is 16.7. The van der Waals surface area contributed by atoms with Crippen molar-refractivity contribution in [2.45, 2.75) is 58.8 Å². The van der Waals surface area contributed by atoms with Crippen LogP contribution in [0, 0.1) is 5.92 Å². The second kappa shape index (κ2) is 12.5. The molecule has 2 aliphatic heterocycles. The lowest BCUT2D eigenvalue weighted by atomic mass is 9.99. The SMILES string of the molecule is CCNC(=NCCCN1CCC(C)CC1)NCCCCN1CCCC1. The summed E-state index contributed by atoms with van der Waals surface area (Å²) in [6.45, 7) is 15.1. The summed E-state index contributed by atoms with van der Waals surface area (Å²) in [7, 11) is 0. The number of nitrogens with one attached hydrogen (secondary N) is 2. The number of likely N-dealkylation sites (tertiary alicyclic amines) is 2. The van der Waals surface area contributed by atoms with Crippen LogP contribution in [0.2, 0.25) is 0 Å². The Hall–Kier alpha value is -0.810. The van der Waals surface area contributed by atoms with Crippen LogP contribution in [0.1, 0.15) is 58.8 Å². The first-order valence-corrected chi connectivity index (χ1v) is 10.7. The number of piperidine rings is 1. The van der Waals surface area contributed by atoms with E-state index in [1.165, 1.54) is 84.2 Å². The van der Waals surface area contributed by atoms with Gasteiger partial charge in [-0.25, -0.2) is 0 Å². The van der Waals surface area contributed by atoms with Gasteiger partial charge in [-0.15, -0.1) is 0 Å². The standard InChI is InChI=1S/C20H41N5/c1-3-21-20(22-11-4-5-13-24-14-6-7-15-24)23-12-8-16-25-17-9-19(2)10-18-25/h19H,3-18H2,1-2H3,(H2,21,22,23). The Morgan fingerprint density at radius 1 is 0.920 bits per heavy atom. The van der Waals surface area contributed by atoms with Crippen LogP contribution < -0.4 is 10.6 Å². The fraction of sp³-hybridized carbons (Fsp3) is 0.950. The molecule has 0 saturated carbocycles. The lowest BCUT2D eigenvalue weighted by molar-refractivity contribution is 0.192. The van der Waals surface area contributed by atoms with Crippen LogP contribution in [-0.2, 0) is 0 Å². The number of aliphatic imine (C=N–C) groups is 1. The summed E-state index contributed by atoms with van der Waals surface area (Å²) in [4.78, 5) is 9.95. The van der Waals surface area contributed by atoms with E-state index in [4.69, 9.17) is 4.99 Å². The molecule has 5 heteroatoms. The maximum atomic E-state index is 4.75. The van der Waals surface area contributed by atoms with Crippen LogP contribution in [-0.4, -0.2) is 74.7 Å². The molecule has 146 valence electrons. The van der Waals surface area contributed by atoms with Gasteiger partial charge in [-0.2, -0.15) is 0 Å². The van der Waals surface area contributed by atoms with Gasteiger partial charge < -0.3 is 20.4 Å². The monoisotopic (exact) mass is 351 g/mol. The number of guanidine groups is 1. The summed E-state index contributed by atoms with van der Waals surface area (Å²) in [5.41, 5.74) is 0. The minimum atomic E-state index is 0.921. The lowest BCUT2D eigenvalue weighted by Crippen LogP contribution is -2.38. The topological polar surface area (TPSA) is 42.9 Å². The van der Waals surface area contributed by atoms with Gasteiger partial charge in [0, 0.05) is 19.6 Å². The highest BCUT2D eigenvalue weighted by molar-refractivity contribution is 5.79. The van der Waals surface area contributed by atoms with Crippen LogP contribution in [0.15, 0.2) is 4.99 Å². The second-order valence-corrected chi connectivity index (χ2v) is 7.82. The van der Waals surface area contributed by atoms with E-state index in [9.17, 15) is 0 Å². The van der Waals surface area contributed by atoms with E-state index in [2.05, 4.69) is 34.3 Å². The van der Waals surface area contributed by atoms with Crippen molar-refractivity contribution < 1.29 is 0 Å². The molecule has 2 heterocycles. The van der Waals surface area contributed by atoms with Crippen molar-refractivity contribution in [1.29, 1.82) is 0 Å². The summed E-state index contributed by atoms with van der Waals surface area (Å²) in [6, 6.07) is 0. The molecule has 0 amide bonds. The molecule has 0 aromatic rings. The molecule has 5 nitrogen and oxygen atoms in total. The van der Waals surface area contributed by atoms with Gasteiger partial charge in [0.2, 0.25) is 0 Å². The van der Waals surface area contributed by atoms with Crippen molar-refractivity contribution >= 4 is 5.96 Å². The van der Waals surface area contributed by atoms with E-state index in [-0.39, 0.29) is 0 Å². The molecule has 25 heavy (non-hydrogen) atoms. The smallest absolute Gasteiger partial charge is 0.191 e. The van der Waals surface area contributed by atoms with E-state index >= 15 is 0 Å². The van der Waals surface area contributed by atoms with Crippen molar-refractivity contribution in [1.82, 2.24) is 20.4 Å². The van der Waals surface area contributed by atoms with Gasteiger partial charge in [-0.05, 0) is 97.1 Å². The fourth-order valence-corrected chi connectivity index (χ4v) is 3.79. The average molecular weight is 352 g/mol. The Bertz CT molecular complexity index is 357. The van der Waals surface area contributed by atoms with Crippen LogP contribution in [0.3, 0.4) is 0 Å². The molecule has 0 aromatic carbocycles. The highest BCUT2D eigenvalue weighted by Gasteiger charge is 2.14. The maximum absolute atomic E-state index is 4.75. The molecule has 0 spiro atoms. The quantitative estimate of drug-likeness (QED) is 0.361. The van der Waals surface area contributed by atoms with Crippen molar-refractivity contribution in [2.24, 2.45) is 10.9 Å². The van der Waals surface area contributed by atoms with Gasteiger partial charge >= 0.3 is 0 Å². The number of rotatable bonds is 10. The third-order valence-corrected chi connectivity index (χ3v) is 5.52. The Morgan fingerprint density at radius 2 is 1.60 bits per heavy atom. The number of hydrogen-bond acceptors (Lipinski definition) is 3. The normalized spacial score (nSPS) is 21.0. The van der Waals surface area contributed by atoms with Crippen molar-refractivity contribution in [3.05, 3.63) is 0 Å². The Balaban J connectivity index is 1.52. The number of unbranched alkanes of at least 4 members (excludes halogenated alkanes) is 1. The van der Waals surface area contributed by atoms with Gasteiger partial charge in [0.05, 0.1) is 0 Å². The first-order chi connectivity index (χ1) is 12.3. The predicted molar refractivity (Wildman–Crippen MR) is 108 cm³/mol. The summed E-state index contributed by atoms with van der Waals surface area (Å²) >= 11 is 0. The largest absolute Gasteiger partial charge is 0.357 e. The second-order valence-electron chi connectivity index (χ2n) is 7.82. The number of nitrogens with zero attached hydrogens (tertiary/aromatic N) is 3. The molecular formula is C20H41N5. The van der Waals surface area contributed by atoms with E-state index in [1.807, 2.05) is 0 Å². The number of hydrogen-bond donors (Lipinski definition) is 2. The average Bonchev–Trinajstić information content (AvgIpc) is 3.13. The van der Waals surface area contributed by atoms with Gasteiger partial charge in [0.25, 0.3) is 0 Å². The molecule has 2 aliphatic rings. The summed E-state index contributed by atoms with van der Waals surface area (Å²) in [6.07, 6.45) is 9.21. The maximum Gasteiger partial charge on any atom is 0.191 e. The van der Waals surface area contributed by atoms with Gasteiger partial charge in [0.1, 0.15) is 0 Å². The predicted octanol–water partition coefficient (Wildman–Crippen LogP) is 2.54. The van der Waals surface area contributed by atoms with Gasteiger partial charge in [0.15, 0.2) is 5.96 Å². The third kappa shape index (κ3) is 8.91. The highest BCUT2D eigenvalue weighted by atomic mass is 15.2. The van der Waals surface area contributed by atoms with Crippen molar-refractivity contribution in [2.75, 3.05) is 58.9 Å². The summed E-state index contributed by atoms with van der Waals surface area (Å²) < 4.78 is 0.